The maximum atomic E-state index is 13.7. The maximum absolute atomic E-state index is 13.7. The van der Waals surface area contributed by atoms with Gasteiger partial charge in [0.05, 0.1) is 6.04 Å². The molecular formula is C19H15FN4O. The number of aromatic hydroxyl groups is 1. The molecule has 0 aliphatic carbocycles. The molecular weight excluding hydrogens is 319 g/mol. The number of phenols is 1. The van der Waals surface area contributed by atoms with E-state index in [0.717, 1.165) is 22.0 Å². The van der Waals surface area contributed by atoms with Gasteiger partial charge in [0.1, 0.15) is 11.6 Å². The van der Waals surface area contributed by atoms with Gasteiger partial charge in [0, 0.05) is 35.1 Å². The van der Waals surface area contributed by atoms with Gasteiger partial charge in [-0.15, -0.1) is 0 Å². The van der Waals surface area contributed by atoms with Gasteiger partial charge in [0.25, 0.3) is 0 Å². The van der Waals surface area contributed by atoms with Gasteiger partial charge in [-0.25, -0.2) is 14.4 Å². The van der Waals surface area contributed by atoms with Gasteiger partial charge >= 0.3 is 0 Å². The van der Waals surface area contributed by atoms with Crippen LogP contribution in [0.25, 0.3) is 10.9 Å². The first-order valence-electron chi connectivity index (χ1n) is 7.80. The number of aromatic nitrogens is 3. The lowest BCUT2D eigenvalue weighted by Crippen LogP contribution is -2.13. The largest absolute Gasteiger partial charge is 0.508 e. The van der Waals surface area contributed by atoms with Crippen molar-refractivity contribution in [3.63, 3.8) is 0 Å². The summed E-state index contributed by atoms with van der Waals surface area (Å²) in [6.45, 7) is 0. The minimum atomic E-state index is -0.307. The van der Waals surface area contributed by atoms with Crippen molar-refractivity contribution in [1.82, 2.24) is 15.0 Å². The van der Waals surface area contributed by atoms with Crippen molar-refractivity contribution in [1.29, 1.82) is 0 Å². The van der Waals surface area contributed by atoms with Crippen LogP contribution in [-0.4, -0.2) is 20.1 Å². The summed E-state index contributed by atoms with van der Waals surface area (Å²) in [6, 6.07) is 12.9. The molecule has 0 spiro atoms. The van der Waals surface area contributed by atoms with Crippen LogP contribution in [0.3, 0.4) is 0 Å². The maximum Gasteiger partial charge on any atom is 0.223 e. The van der Waals surface area contributed by atoms with E-state index in [1.165, 1.54) is 12.1 Å². The lowest BCUT2D eigenvalue weighted by Gasteiger charge is -2.19. The van der Waals surface area contributed by atoms with E-state index in [2.05, 4.69) is 20.3 Å². The molecule has 0 radical (unpaired) electrons. The average Bonchev–Trinajstić information content (AvgIpc) is 3.04. The van der Waals surface area contributed by atoms with Crippen molar-refractivity contribution >= 4 is 16.9 Å². The fourth-order valence-corrected chi connectivity index (χ4v) is 2.86. The van der Waals surface area contributed by atoms with Crippen LogP contribution in [0, 0.1) is 5.82 Å². The third-order valence-electron chi connectivity index (χ3n) is 4.05. The molecule has 0 fully saturated rings. The van der Waals surface area contributed by atoms with Crippen LogP contribution in [0.4, 0.5) is 10.3 Å². The molecule has 1 unspecified atom stereocenters. The number of rotatable bonds is 4. The highest BCUT2D eigenvalue weighted by molar-refractivity contribution is 5.84. The summed E-state index contributed by atoms with van der Waals surface area (Å²) in [4.78, 5) is 11.6. The highest BCUT2D eigenvalue weighted by Crippen LogP contribution is 2.32. The molecule has 2 aromatic carbocycles. The Kier molecular flexibility index (Phi) is 3.78. The Labute approximate surface area is 143 Å². The number of anilines is 1. The normalized spacial score (nSPS) is 12.2. The molecule has 0 saturated carbocycles. The molecule has 0 aliphatic rings. The second-order valence-electron chi connectivity index (χ2n) is 5.68. The standard InChI is InChI=1S/C19H15FN4O/c20-13-4-7-17-15(10-13)16(11-23-17)18(12-2-5-14(25)6-3-12)24-19-21-8-1-9-22-19/h1-11,18,23,25H,(H,21,22,24). The molecule has 0 bridgehead atoms. The number of hydrogen-bond acceptors (Lipinski definition) is 4. The zero-order valence-electron chi connectivity index (χ0n) is 13.1. The zero-order chi connectivity index (χ0) is 17.2. The molecule has 1 atom stereocenters. The molecule has 2 aromatic heterocycles. The van der Waals surface area contributed by atoms with Gasteiger partial charge in [0.15, 0.2) is 0 Å². The number of fused-ring (bicyclic) bond motifs is 1. The highest BCUT2D eigenvalue weighted by atomic mass is 19.1. The molecule has 4 aromatic rings. The van der Waals surface area contributed by atoms with Gasteiger partial charge in [-0.3, -0.25) is 0 Å². The lowest BCUT2D eigenvalue weighted by molar-refractivity contribution is 0.475. The van der Waals surface area contributed by atoms with Crippen molar-refractivity contribution in [3.8, 4) is 5.75 Å². The van der Waals surface area contributed by atoms with E-state index >= 15 is 0 Å². The predicted octanol–water partition coefficient (Wildman–Crippen LogP) is 4.00. The van der Waals surface area contributed by atoms with E-state index in [4.69, 9.17) is 0 Å². The first-order valence-corrected chi connectivity index (χ1v) is 7.80. The number of benzene rings is 2. The van der Waals surface area contributed by atoms with Crippen LogP contribution >= 0.6 is 0 Å². The number of nitrogens with zero attached hydrogens (tertiary/aromatic N) is 2. The van der Waals surface area contributed by atoms with Crippen molar-refractivity contribution in [3.05, 3.63) is 84.1 Å². The second-order valence-corrected chi connectivity index (χ2v) is 5.68. The van der Waals surface area contributed by atoms with Crippen LogP contribution in [0.1, 0.15) is 17.2 Å². The summed E-state index contributed by atoms with van der Waals surface area (Å²) < 4.78 is 13.7. The summed E-state index contributed by atoms with van der Waals surface area (Å²) in [5.74, 6) is 0.350. The van der Waals surface area contributed by atoms with E-state index in [-0.39, 0.29) is 17.6 Å². The van der Waals surface area contributed by atoms with Gasteiger partial charge in [-0.2, -0.15) is 0 Å². The molecule has 6 heteroatoms. The molecule has 2 heterocycles. The molecule has 3 N–H and O–H groups in total. The average molecular weight is 334 g/mol. The number of phenolic OH excluding ortho intramolecular Hbond substituents is 1. The Morgan fingerprint density at radius 2 is 1.80 bits per heavy atom. The Hall–Kier alpha value is -3.41. The van der Waals surface area contributed by atoms with Gasteiger partial charge < -0.3 is 15.4 Å². The molecule has 4 rings (SSSR count). The van der Waals surface area contributed by atoms with Crippen molar-refractivity contribution in [2.45, 2.75) is 6.04 Å². The summed E-state index contributed by atoms with van der Waals surface area (Å²) >= 11 is 0. The minimum Gasteiger partial charge on any atom is -0.508 e. The fraction of sp³-hybridized carbons (Fsp3) is 0.0526. The lowest BCUT2D eigenvalue weighted by atomic mass is 9.98. The Bertz CT molecular complexity index is 999. The number of hydrogen-bond donors (Lipinski definition) is 3. The molecule has 25 heavy (non-hydrogen) atoms. The van der Waals surface area contributed by atoms with E-state index < -0.39 is 0 Å². The van der Waals surface area contributed by atoms with E-state index in [1.807, 2.05) is 18.3 Å². The number of halogens is 1. The van der Waals surface area contributed by atoms with Crippen LogP contribution in [0.5, 0.6) is 5.75 Å². The number of nitrogens with one attached hydrogen (secondary N) is 2. The topological polar surface area (TPSA) is 73.8 Å². The Balaban J connectivity index is 1.83. The van der Waals surface area contributed by atoms with Crippen LogP contribution in [0.15, 0.2) is 67.1 Å². The van der Waals surface area contributed by atoms with Gasteiger partial charge in [-0.1, -0.05) is 12.1 Å². The predicted molar refractivity (Wildman–Crippen MR) is 93.9 cm³/mol. The SMILES string of the molecule is Oc1ccc(C(Nc2ncccn2)c2c[nH]c3ccc(F)cc23)cc1. The van der Waals surface area contributed by atoms with Crippen LogP contribution < -0.4 is 5.32 Å². The van der Waals surface area contributed by atoms with Crippen molar-refractivity contribution in [2.75, 3.05) is 5.32 Å². The second kappa shape index (κ2) is 6.24. The van der Waals surface area contributed by atoms with Crippen LogP contribution in [0.2, 0.25) is 0 Å². The minimum absolute atomic E-state index is 0.184. The Morgan fingerprint density at radius 3 is 2.56 bits per heavy atom. The highest BCUT2D eigenvalue weighted by Gasteiger charge is 2.19. The van der Waals surface area contributed by atoms with E-state index in [9.17, 15) is 9.50 Å². The molecule has 5 nitrogen and oxygen atoms in total. The quantitative estimate of drug-likeness (QED) is 0.527. The van der Waals surface area contributed by atoms with Crippen LogP contribution in [-0.2, 0) is 0 Å². The van der Waals surface area contributed by atoms with Crippen molar-refractivity contribution < 1.29 is 9.50 Å². The van der Waals surface area contributed by atoms with Gasteiger partial charge in [-0.05, 0) is 42.0 Å². The number of H-pyrrole nitrogens is 1. The summed E-state index contributed by atoms with van der Waals surface area (Å²) in [7, 11) is 0. The Morgan fingerprint density at radius 1 is 1.04 bits per heavy atom. The first-order chi connectivity index (χ1) is 12.2. The third-order valence-corrected chi connectivity index (χ3v) is 4.05. The zero-order valence-corrected chi connectivity index (χ0v) is 13.1. The van der Waals surface area contributed by atoms with Gasteiger partial charge in [0.2, 0.25) is 5.95 Å². The smallest absolute Gasteiger partial charge is 0.223 e. The fourth-order valence-electron chi connectivity index (χ4n) is 2.86. The molecule has 124 valence electrons. The van der Waals surface area contributed by atoms with E-state index in [0.29, 0.717) is 5.95 Å². The third kappa shape index (κ3) is 3.01. The monoisotopic (exact) mass is 334 g/mol. The summed E-state index contributed by atoms with van der Waals surface area (Å²) in [5.41, 5.74) is 2.61. The summed E-state index contributed by atoms with van der Waals surface area (Å²) in [6.07, 6.45) is 5.15. The number of aromatic amines is 1. The van der Waals surface area contributed by atoms with E-state index in [1.54, 1.807) is 36.7 Å². The first kappa shape index (κ1) is 15.1. The summed E-state index contributed by atoms with van der Waals surface area (Å²) in [5, 5.41) is 13.6. The molecule has 0 aliphatic heterocycles. The molecule has 0 saturated heterocycles. The van der Waals surface area contributed by atoms with Crippen molar-refractivity contribution in [2.24, 2.45) is 0 Å². The molecule has 0 amide bonds.